The van der Waals surface area contributed by atoms with Crippen LogP contribution in [0.15, 0.2) is 122 Å². The summed E-state index contributed by atoms with van der Waals surface area (Å²) in [6, 6.07) is -1.07. The molecule has 0 aromatic carbocycles. The van der Waals surface area contributed by atoms with E-state index in [1.54, 1.807) is 6.08 Å². The van der Waals surface area contributed by atoms with Crippen LogP contribution >= 0.6 is 0 Å². The average molecular weight is 1020 g/mol. The summed E-state index contributed by atoms with van der Waals surface area (Å²) < 4.78 is 17.5. The summed E-state index contributed by atoms with van der Waals surface area (Å²) in [7, 11) is 0. The van der Waals surface area contributed by atoms with E-state index in [-0.39, 0.29) is 19.4 Å². The first-order valence-corrected chi connectivity index (χ1v) is 28.4. The van der Waals surface area contributed by atoms with E-state index in [1.807, 2.05) is 54.7 Å². The van der Waals surface area contributed by atoms with Crippen LogP contribution in [0.2, 0.25) is 0 Å². The van der Waals surface area contributed by atoms with E-state index in [2.05, 4.69) is 86.8 Å². The van der Waals surface area contributed by atoms with Gasteiger partial charge in [0.2, 0.25) is 5.91 Å². The first-order valence-electron chi connectivity index (χ1n) is 28.4. The fourth-order valence-electron chi connectivity index (χ4n) is 7.99. The summed E-state index contributed by atoms with van der Waals surface area (Å²) in [6.07, 6.45) is 56.7. The first kappa shape index (κ1) is 67.1. The van der Waals surface area contributed by atoms with Crippen molar-refractivity contribution in [3.8, 4) is 0 Å². The standard InChI is InChI=1S/C62H101NO10/c1-4-7-10-13-16-19-22-25-27-29-31-34-37-40-43-46-49-55(66)61(70)63-53(54(65)48-45-42-39-36-33-30-24-21-18-15-12-9-6-3)52-71-62-60(59(69)58(68)56(51-64)72-62)73-57(67)50-47-44-41-38-35-32-28-26-23-20-17-14-11-8-5-2/h7-8,10-11,14,16-17,19-20,23,25-28,31,34,40,43,45,48,53-56,58-60,62,64-66,68-69H,4-6,9,12-13,15,18,21-22,24,29-30,32-33,35-39,41-42,44,46-47,49-52H2,1-3H3,(H,63,70)/b10-7-,11-8+,17-14+,19-16-,23-20+,27-25-,28-26-,34-31-,43-40-,48-45+. The van der Waals surface area contributed by atoms with E-state index in [1.165, 1.54) is 51.4 Å². The molecule has 1 saturated heterocycles. The largest absolute Gasteiger partial charge is 0.454 e. The van der Waals surface area contributed by atoms with E-state index in [4.69, 9.17) is 14.2 Å². The molecule has 1 fully saturated rings. The lowest BCUT2D eigenvalue weighted by Crippen LogP contribution is -2.61. The van der Waals surface area contributed by atoms with Gasteiger partial charge in [0.1, 0.15) is 24.4 Å². The van der Waals surface area contributed by atoms with Crippen LogP contribution in [-0.2, 0) is 23.8 Å². The van der Waals surface area contributed by atoms with Crippen molar-refractivity contribution in [1.29, 1.82) is 0 Å². The van der Waals surface area contributed by atoms with E-state index < -0.39 is 67.4 Å². The molecule has 0 aromatic rings. The molecule has 73 heavy (non-hydrogen) atoms. The zero-order valence-corrected chi connectivity index (χ0v) is 45.4. The Labute approximate surface area is 442 Å². The molecule has 0 spiro atoms. The lowest BCUT2D eigenvalue weighted by Gasteiger charge is -2.41. The van der Waals surface area contributed by atoms with Crippen LogP contribution in [0.3, 0.4) is 0 Å². The summed E-state index contributed by atoms with van der Waals surface area (Å²) in [6.45, 7) is 5.46. The minimum absolute atomic E-state index is 0.0833. The molecular weight excluding hydrogens is 919 g/mol. The maximum atomic E-state index is 13.4. The van der Waals surface area contributed by atoms with Gasteiger partial charge in [-0.25, -0.2) is 0 Å². The Morgan fingerprint density at radius 1 is 0.562 bits per heavy atom. The van der Waals surface area contributed by atoms with E-state index in [9.17, 15) is 35.1 Å². The van der Waals surface area contributed by atoms with Crippen molar-refractivity contribution in [2.24, 2.45) is 0 Å². The van der Waals surface area contributed by atoms with Crippen molar-refractivity contribution in [1.82, 2.24) is 5.32 Å². The van der Waals surface area contributed by atoms with Gasteiger partial charge in [0.05, 0.1) is 25.4 Å². The van der Waals surface area contributed by atoms with Crippen LogP contribution < -0.4 is 5.32 Å². The third kappa shape index (κ3) is 37.4. The number of carbonyl (C=O) groups is 2. The molecule has 0 saturated carbocycles. The van der Waals surface area contributed by atoms with Crippen molar-refractivity contribution < 1.29 is 49.3 Å². The topological polar surface area (TPSA) is 175 Å². The van der Waals surface area contributed by atoms with Gasteiger partial charge in [-0.1, -0.05) is 226 Å². The first-order chi connectivity index (χ1) is 35.7. The number of aliphatic hydroxyl groups is 5. The molecular formula is C62H101NO10. The Morgan fingerprint density at radius 3 is 1.62 bits per heavy atom. The number of hydrogen-bond acceptors (Lipinski definition) is 10. The molecule has 11 heteroatoms. The molecule has 0 aromatic heterocycles. The Kier molecular flexibility index (Phi) is 45.0. The third-order valence-electron chi connectivity index (χ3n) is 12.5. The predicted octanol–water partition coefficient (Wildman–Crippen LogP) is 12.7. The maximum Gasteiger partial charge on any atom is 0.306 e. The van der Waals surface area contributed by atoms with Gasteiger partial charge < -0.3 is 45.1 Å². The van der Waals surface area contributed by atoms with Crippen molar-refractivity contribution in [3.63, 3.8) is 0 Å². The number of ether oxygens (including phenoxy) is 3. The summed E-state index contributed by atoms with van der Waals surface area (Å²) in [5.74, 6) is -1.29. The Balaban J connectivity index is 2.82. The van der Waals surface area contributed by atoms with E-state index >= 15 is 0 Å². The second-order valence-electron chi connectivity index (χ2n) is 19.0. The second kappa shape index (κ2) is 49.0. The van der Waals surface area contributed by atoms with Gasteiger partial charge in [0, 0.05) is 6.42 Å². The minimum atomic E-state index is -1.64. The van der Waals surface area contributed by atoms with Gasteiger partial charge in [-0.15, -0.1) is 0 Å². The highest BCUT2D eigenvalue weighted by molar-refractivity contribution is 5.80. The smallest absolute Gasteiger partial charge is 0.306 e. The highest BCUT2D eigenvalue weighted by Crippen LogP contribution is 2.26. The summed E-state index contributed by atoms with van der Waals surface area (Å²) in [4.78, 5) is 26.4. The number of amides is 1. The molecule has 0 radical (unpaired) electrons. The molecule has 1 amide bonds. The molecule has 0 aliphatic carbocycles. The number of nitrogens with one attached hydrogen (secondary N) is 1. The van der Waals surface area contributed by atoms with Crippen LogP contribution in [0.1, 0.15) is 194 Å². The van der Waals surface area contributed by atoms with Crippen molar-refractivity contribution >= 4 is 11.9 Å². The lowest BCUT2D eigenvalue weighted by molar-refractivity contribution is -0.305. The molecule has 1 aliphatic rings. The van der Waals surface area contributed by atoms with Gasteiger partial charge in [-0.05, 0) is 83.5 Å². The molecule has 414 valence electrons. The minimum Gasteiger partial charge on any atom is -0.454 e. The van der Waals surface area contributed by atoms with Gasteiger partial charge in [0.25, 0.3) is 0 Å². The Bertz CT molecular complexity index is 1640. The van der Waals surface area contributed by atoms with Gasteiger partial charge in [-0.2, -0.15) is 0 Å². The van der Waals surface area contributed by atoms with Gasteiger partial charge in [0.15, 0.2) is 12.4 Å². The fourth-order valence-corrected chi connectivity index (χ4v) is 7.99. The zero-order valence-electron chi connectivity index (χ0n) is 45.4. The Morgan fingerprint density at radius 2 is 1.05 bits per heavy atom. The number of allylic oxidation sites excluding steroid dienone is 19. The molecule has 1 heterocycles. The summed E-state index contributed by atoms with van der Waals surface area (Å²) >= 11 is 0. The van der Waals surface area contributed by atoms with Gasteiger partial charge in [-0.3, -0.25) is 9.59 Å². The zero-order chi connectivity index (χ0) is 53.3. The molecule has 1 rings (SSSR count). The van der Waals surface area contributed by atoms with Crippen LogP contribution in [0.5, 0.6) is 0 Å². The molecule has 6 N–H and O–H groups in total. The monoisotopic (exact) mass is 1020 g/mol. The van der Waals surface area contributed by atoms with Crippen molar-refractivity contribution in [3.05, 3.63) is 122 Å². The van der Waals surface area contributed by atoms with Crippen LogP contribution in [0.25, 0.3) is 0 Å². The maximum absolute atomic E-state index is 13.4. The number of hydrogen-bond donors (Lipinski definition) is 6. The molecule has 1 aliphatic heterocycles. The fraction of sp³-hybridized carbons (Fsp3) is 0.645. The second-order valence-corrected chi connectivity index (χ2v) is 19.0. The molecule has 8 atom stereocenters. The number of carbonyl (C=O) groups excluding carboxylic acids is 2. The predicted molar refractivity (Wildman–Crippen MR) is 301 cm³/mol. The van der Waals surface area contributed by atoms with E-state index in [0.29, 0.717) is 12.8 Å². The highest BCUT2D eigenvalue weighted by atomic mass is 16.7. The number of esters is 1. The highest BCUT2D eigenvalue weighted by Gasteiger charge is 2.47. The number of unbranched alkanes of at least 4 members (excludes halogenated alkanes) is 16. The van der Waals surface area contributed by atoms with Crippen LogP contribution in [0.4, 0.5) is 0 Å². The van der Waals surface area contributed by atoms with Crippen molar-refractivity contribution in [2.75, 3.05) is 13.2 Å². The van der Waals surface area contributed by atoms with Gasteiger partial charge >= 0.3 is 5.97 Å². The quantitative estimate of drug-likeness (QED) is 0.0149. The third-order valence-corrected chi connectivity index (χ3v) is 12.5. The lowest BCUT2D eigenvalue weighted by atomic mass is 9.99. The normalized spacial score (nSPS) is 20.4. The van der Waals surface area contributed by atoms with Crippen LogP contribution in [0, 0.1) is 0 Å². The molecule has 0 bridgehead atoms. The molecule has 11 nitrogen and oxygen atoms in total. The van der Waals surface area contributed by atoms with Crippen LogP contribution in [-0.4, -0.2) is 99.6 Å². The summed E-state index contributed by atoms with van der Waals surface area (Å²) in [5, 5.41) is 56.7. The number of rotatable bonds is 45. The van der Waals surface area contributed by atoms with Crippen molar-refractivity contribution in [2.45, 2.75) is 243 Å². The SMILES string of the molecule is CC/C=C\C/C=C\C/C=C\C/C=C\C/C=C\CCC(O)C(=O)NC(COC1OC(CO)C(O)C(O)C1OC(=O)CCCCCCC\C=C/C=C/C=C/C=C/CC)C(O)/C=C/CCCCCCCCCCCCC. The summed E-state index contributed by atoms with van der Waals surface area (Å²) in [5.41, 5.74) is 0. The van der Waals surface area contributed by atoms with E-state index in [0.717, 1.165) is 96.3 Å². The molecule has 8 unspecified atom stereocenters. The Hall–Kier alpha value is -3.94. The average Bonchev–Trinajstić information content (AvgIpc) is 3.39. The number of aliphatic hydroxyl groups excluding tert-OH is 5.